The van der Waals surface area contributed by atoms with Gasteiger partial charge < -0.3 is 0 Å². The van der Waals surface area contributed by atoms with Gasteiger partial charge in [0, 0.05) is 16.0 Å². The number of nitrogens with zero attached hydrogens (tertiary/aromatic N) is 1. The Balaban J connectivity index is 2.09. The van der Waals surface area contributed by atoms with E-state index in [1.165, 1.54) is 21.3 Å². The largest absolute Gasteiger partial charge is 0.256 e. The van der Waals surface area contributed by atoms with Crippen molar-refractivity contribution in [1.82, 2.24) is 0 Å². The minimum Gasteiger partial charge on any atom is -0.256 e. The average molecular weight is 378 g/mol. The van der Waals surface area contributed by atoms with Gasteiger partial charge in [-0.2, -0.15) is 0 Å². The molecule has 26 heavy (non-hydrogen) atoms. The van der Waals surface area contributed by atoms with Crippen LogP contribution in [0.2, 0.25) is 0 Å². The summed E-state index contributed by atoms with van der Waals surface area (Å²) >= 11 is 3.37. The van der Waals surface area contributed by atoms with Crippen molar-refractivity contribution in [3.63, 3.8) is 0 Å². The molecular weight excluding hydrogens is 354 g/mol. The maximum Gasteiger partial charge on any atom is 0.0710 e. The maximum absolute atomic E-state index is 4.84. The molecule has 0 spiro atoms. The third kappa shape index (κ3) is 4.80. The Morgan fingerprint density at radius 2 is 1.81 bits per heavy atom. The summed E-state index contributed by atoms with van der Waals surface area (Å²) in [5.74, 6) is 0.353. The van der Waals surface area contributed by atoms with E-state index >= 15 is 0 Å². The second-order valence-corrected chi connectivity index (χ2v) is 9.01. The van der Waals surface area contributed by atoms with Crippen molar-refractivity contribution >= 4 is 40.0 Å². The van der Waals surface area contributed by atoms with Crippen molar-refractivity contribution < 1.29 is 0 Å². The molecule has 0 saturated carbocycles. The zero-order valence-corrected chi connectivity index (χ0v) is 17.0. The molecule has 1 aliphatic rings. The van der Waals surface area contributed by atoms with Gasteiger partial charge in [-0.3, -0.25) is 4.99 Å². The minimum absolute atomic E-state index is 0.353. The Morgan fingerprint density at radius 1 is 1.04 bits per heavy atom. The second-order valence-electron chi connectivity index (χ2n) is 6.41. The second kappa shape index (κ2) is 8.61. The van der Waals surface area contributed by atoms with Crippen molar-refractivity contribution in [1.29, 1.82) is 0 Å². The number of hydrogen-bond acceptors (Lipinski definition) is 3. The first-order chi connectivity index (χ1) is 12.5. The molecule has 3 heteroatoms. The highest BCUT2D eigenvalue weighted by Crippen LogP contribution is 2.34. The number of rotatable bonds is 1. The summed E-state index contributed by atoms with van der Waals surface area (Å²) in [6.07, 6.45) is 6.35. The van der Waals surface area contributed by atoms with E-state index < -0.39 is 0 Å². The highest BCUT2D eigenvalue weighted by molar-refractivity contribution is 8.25. The summed E-state index contributed by atoms with van der Waals surface area (Å²) in [4.78, 5) is 6.02. The topological polar surface area (TPSA) is 12.4 Å². The standard InChI is InChI=1S/C23H23NS2/c1-16-11-12-25-19(4)26-18(3)13-23(24-15-17(16)2)22-10-9-20-7-5-6-8-21(20)14-22/h5-16H,4H2,1-3H3/b12-11-,17-15+,18-13+,24-23+. The lowest BCUT2D eigenvalue weighted by atomic mass is 10.0. The highest BCUT2D eigenvalue weighted by Gasteiger charge is 2.07. The minimum atomic E-state index is 0.353. The van der Waals surface area contributed by atoms with Gasteiger partial charge in [0.2, 0.25) is 0 Å². The monoisotopic (exact) mass is 377 g/mol. The SMILES string of the molecule is C=C1S/C=C\C(C)/C(C)=C/N=C(c2ccc3ccccc3c2)\C=C(/C)S1. The van der Waals surface area contributed by atoms with E-state index in [1.807, 2.05) is 6.20 Å². The summed E-state index contributed by atoms with van der Waals surface area (Å²) in [6.45, 7) is 10.6. The van der Waals surface area contributed by atoms with E-state index in [9.17, 15) is 0 Å². The Labute approximate surface area is 164 Å². The zero-order chi connectivity index (χ0) is 18.5. The van der Waals surface area contributed by atoms with Crippen molar-refractivity contribution in [2.75, 3.05) is 0 Å². The van der Waals surface area contributed by atoms with Crippen LogP contribution < -0.4 is 0 Å². The van der Waals surface area contributed by atoms with Gasteiger partial charge in [0.05, 0.1) is 5.71 Å². The molecule has 0 aliphatic carbocycles. The zero-order valence-electron chi connectivity index (χ0n) is 15.4. The smallest absolute Gasteiger partial charge is 0.0710 e. The molecule has 2 aromatic carbocycles. The molecule has 0 N–H and O–H groups in total. The van der Waals surface area contributed by atoms with Crippen LogP contribution in [-0.2, 0) is 0 Å². The summed E-state index contributed by atoms with van der Waals surface area (Å²) in [5.41, 5.74) is 3.35. The first-order valence-electron chi connectivity index (χ1n) is 8.65. The van der Waals surface area contributed by atoms with Crippen LogP contribution in [0.25, 0.3) is 10.8 Å². The van der Waals surface area contributed by atoms with Gasteiger partial charge in [0.15, 0.2) is 0 Å². The van der Waals surface area contributed by atoms with Crippen LogP contribution in [0.1, 0.15) is 26.3 Å². The first kappa shape index (κ1) is 18.8. The van der Waals surface area contributed by atoms with E-state index in [0.29, 0.717) is 5.92 Å². The molecule has 0 amide bonds. The van der Waals surface area contributed by atoms with Crippen LogP contribution in [0.4, 0.5) is 0 Å². The molecule has 3 rings (SSSR count). The molecule has 0 radical (unpaired) electrons. The van der Waals surface area contributed by atoms with Gasteiger partial charge in [-0.1, -0.05) is 79.5 Å². The molecule has 0 bridgehead atoms. The quantitative estimate of drug-likeness (QED) is 0.509. The molecule has 0 saturated heterocycles. The van der Waals surface area contributed by atoms with Crippen LogP contribution >= 0.6 is 23.5 Å². The molecule has 1 unspecified atom stereocenters. The first-order valence-corrected chi connectivity index (χ1v) is 10.3. The number of hydrogen-bond donors (Lipinski definition) is 0. The number of allylic oxidation sites excluding steroid dienone is 4. The number of aliphatic imine (C=N–C) groups is 1. The van der Waals surface area contributed by atoms with Crippen LogP contribution in [-0.4, -0.2) is 5.71 Å². The van der Waals surface area contributed by atoms with Crippen molar-refractivity contribution in [2.24, 2.45) is 10.9 Å². The molecule has 1 nitrogen and oxygen atoms in total. The summed E-state index contributed by atoms with van der Waals surface area (Å²) < 4.78 is 1.07. The fourth-order valence-corrected chi connectivity index (χ4v) is 4.39. The van der Waals surface area contributed by atoms with Crippen LogP contribution in [0.3, 0.4) is 0 Å². The Hall–Kier alpha value is -1.97. The van der Waals surface area contributed by atoms with Gasteiger partial charge in [-0.25, -0.2) is 0 Å². The Morgan fingerprint density at radius 3 is 2.62 bits per heavy atom. The third-order valence-electron chi connectivity index (χ3n) is 4.35. The predicted molar refractivity (Wildman–Crippen MR) is 121 cm³/mol. The normalized spacial score (nSPS) is 26.5. The molecule has 0 fully saturated rings. The molecule has 2 aromatic rings. The molecule has 1 atom stereocenters. The van der Waals surface area contributed by atoms with E-state index in [2.05, 4.69) is 87.4 Å². The molecule has 1 aliphatic heterocycles. The average Bonchev–Trinajstić information content (AvgIpc) is 2.63. The fraction of sp³-hybridized carbons (Fsp3) is 0.174. The van der Waals surface area contributed by atoms with Crippen LogP contribution in [0.5, 0.6) is 0 Å². The van der Waals surface area contributed by atoms with Gasteiger partial charge in [0.1, 0.15) is 0 Å². The maximum atomic E-state index is 4.84. The molecular formula is C23H23NS2. The predicted octanol–water partition coefficient (Wildman–Crippen LogP) is 7.54. The Bertz CT molecular complexity index is 948. The van der Waals surface area contributed by atoms with E-state index in [-0.39, 0.29) is 0 Å². The number of benzene rings is 2. The van der Waals surface area contributed by atoms with E-state index in [0.717, 1.165) is 15.5 Å². The number of thioether (sulfide) groups is 2. The fourth-order valence-electron chi connectivity index (χ4n) is 2.64. The highest BCUT2D eigenvalue weighted by atomic mass is 32.2. The molecule has 132 valence electrons. The third-order valence-corrected chi connectivity index (χ3v) is 6.11. The van der Waals surface area contributed by atoms with Crippen LogP contribution in [0.15, 0.2) is 92.5 Å². The lowest BCUT2D eigenvalue weighted by Crippen LogP contribution is -1.99. The van der Waals surface area contributed by atoms with Gasteiger partial charge in [-0.05, 0) is 58.6 Å². The Kier molecular flexibility index (Phi) is 6.23. The molecule has 0 aromatic heterocycles. The van der Waals surface area contributed by atoms with Crippen LogP contribution in [0, 0.1) is 5.92 Å². The summed E-state index contributed by atoms with van der Waals surface area (Å²) in [6, 6.07) is 15.0. The van der Waals surface area contributed by atoms with Gasteiger partial charge in [0.25, 0.3) is 0 Å². The van der Waals surface area contributed by atoms with E-state index in [4.69, 9.17) is 4.99 Å². The van der Waals surface area contributed by atoms with Gasteiger partial charge in [-0.15, -0.1) is 0 Å². The van der Waals surface area contributed by atoms with E-state index in [1.54, 1.807) is 23.5 Å². The molecule has 1 heterocycles. The number of fused-ring (bicyclic) bond motifs is 1. The lowest BCUT2D eigenvalue weighted by molar-refractivity contribution is 0.860. The van der Waals surface area contributed by atoms with Crippen molar-refractivity contribution in [3.05, 3.63) is 93.1 Å². The summed E-state index contributed by atoms with van der Waals surface area (Å²) in [5, 5.41) is 4.60. The summed E-state index contributed by atoms with van der Waals surface area (Å²) in [7, 11) is 0. The van der Waals surface area contributed by atoms with Crippen molar-refractivity contribution in [3.8, 4) is 0 Å². The van der Waals surface area contributed by atoms with Crippen molar-refractivity contribution in [2.45, 2.75) is 20.8 Å². The lowest BCUT2D eigenvalue weighted by Gasteiger charge is -2.10. The van der Waals surface area contributed by atoms with Gasteiger partial charge >= 0.3 is 0 Å².